The molecule has 0 spiro atoms. The van der Waals surface area contributed by atoms with Crippen molar-refractivity contribution < 1.29 is 4.90 Å². The normalized spacial score (nSPS) is 20.8. The van der Waals surface area contributed by atoms with Crippen LogP contribution in [0, 0.1) is 5.41 Å². The maximum atomic E-state index is 6.88. The molecule has 0 radical (unpaired) electrons. The van der Waals surface area contributed by atoms with Crippen molar-refractivity contribution in [3.63, 3.8) is 0 Å². The highest BCUT2D eigenvalue weighted by Crippen LogP contribution is 1.94. The maximum absolute atomic E-state index is 6.88. The molecule has 1 rings (SSSR count). The lowest BCUT2D eigenvalue weighted by atomic mass is 10.1. The largest absolute Gasteiger partial charge is 0.335 e. The van der Waals surface area contributed by atoms with E-state index in [9.17, 15) is 0 Å². The molecule has 0 unspecified atom stereocenters. The molecule has 0 atom stereocenters. The Balaban J connectivity index is 2.07. The van der Waals surface area contributed by atoms with Gasteiger partial charge in [0.1, 0.15) is 0 Å². The molecular weight excluding hydrogens is 124 g/mol. The van der Waals surface area contributed by atoms with Crippen LogP contribution in [0.25, 0.3) is 0 Å². The van der Waals surface area contributed by atoms with Gasteiger partial charge in [0, 0.05) is 12.6 Å². The van der Waals surface area contributed by atoms with Crippen molar-refractivity contribution in [2.24, 2.45) is 0 Å². The fourth-order valence-corrected chi connectivity index (χ4v) is 1.58. The first kappa shape index (κ1) is 7.73. The highest BCUT2D eigenvalue weighted by Gasteiger charge is 2.11. The summed E-state index contributed by atoms with van der Waals surface area (Å²) in [6, 6.07) is 0. The van der Waals surface area contributed by atoms with Gasteiger partial charge in [0.2, 0.25) is 0 Å². The minimum Gasteiger partial charge on any atom is -0.335 e. The molecule has 2 nitrogen and oxygen atoms in total. The third kappa shape index (κ3) is 2.48. The van der Waals surface area contributed by atoms with Crippen LogP contribution in [0.15, 0.2) is 0 Å². The van der Waals surface area contributed by atoms with E-state index in [1.807, 2.05) is 0 Å². The van der Waals surface area contributed by atoms with Crippen molar-refractivity contribution in [1.29, 1.82) is 5.41 Å². The van der Waals surface area contributed by atoms with Crippen LogP contribution in [0.3, 0.4) is 0 Å². The molecule has 58 valence electrons. The molecule has 0 saturated carbocycles. The molecule has 0 amide bonds. The summed E-state index contributed by atoms with van der Waals surface area (Å²) in [5, 5.41) is 6.88. The van der Waals surface area contributed by atoms with Gasteiger partial charge in [0.05, 0.1) is 19.6 Å². The standard InChI is InChI=1S/C8H16N2/c9-5-4-8-10-6-2-1-3-7-10/h5,9H,1-4,6-8H2/p+1. The van der Waals surface area contributed by atoms with Crippen LogP contribution in [0.4, 0.5) is 0 Å². The predicted molar refractivity (Wildman–Crippen MR) is 42.8 cm³/mol. The first-order valence-electron chi connectivity index (χ1n) is 4.26. The second-order valence-corrected chi connectivity index (χ2v) is 3.05. The Kier molecular flexibility index (Phi) is 3.44. The third-order valence-corrected chi connectivity index (χ3v) is 2.20. The molecule has 0 aromatic rings. The summed E-state index contributed by atoms with van der Waals surface area (Å²) < 4.78 is 0. The zero-order valence-electron chi connectivity index (χ0n) is 6.53. The SMILES string of the molecule is N=CCC[NH+]1CCCCC1. The van der Waals surface area contributed by atoms with Crippen molar-refractivity contribution in [3.05, 3.63) is 0 Å². The highest BCUT2D eigenvalue weighted by atomic mass is 15.1. The Bertz CT molecular complexity index is 95.4. The molecular formula is C8H17N2+. The van der Waals surface area contributed by atoms with Gasteiger partial charge < -0.3 is 10.3 Å². The smallest absolute Gasteiger partial charge is 0.0820 e. The zero-order valence-corrected chi connectivity index (χ0v) is 6.53. The minimum absolute atomic E-state index is 0.968. The third-order valence-electron chi connectivity index (χ3n) is 2.20. The van der Waals surface area contributed by atoms with E-state index in [-0.39, 0.29) is 0 Å². The molecule has 2 heteroatoms. The van der Waals surface area contributed by atoms with Crippen LogP contribution in [-0.2, 0) is 0 Å². The van der Waals surface area contributed by atoms with Crippen molar-refractivity contribution in [1.82, 2.24) is 0 Å². The molecule has 1 heterocycles. The summed E-state index contributed by atoms with van der Waals surface area (Å²) in [5.74, 6) is 0. The Morgan fingerprint density at radius 3 is 2.50 bits per heavy atom. The summed E-state index contributed by atoms with van der Waals surface area (Å²) in [4.78, 5) is 1.70. The topological polar surface area (TPSA) is 28.3 Å². The Morgan fingerprint density at radius 2 is 1.90 bits per heavy atom. The van der Waals surface area contributed by atoms with E-state index in [0.29, 0.717) is 0 Å². The molecule has 0 aromatic heterocycles. The van der Waals surface area contributed by atoms with Gasteiger partial charge in [-0.25, -0.2) is 0 Å². The van der Waals surface area contributed by atoms with E-state index in [1.165, 1.54) is 45.1 Å². The van der Waals surface area contributed by atoms with Crippen LogP contribution in [0.5, 0.6) is 0 Å². The number of likely N-dealkylation sites (tertiary alicyclic amines) is 1. The molecule has 1 fully saturated rings. The Labute approximate surface area is 62.7 Å². The Hall–Kier alpha value is -0.370. The van der Waals surface area contributed by atoms with Crippen LogP contribution in [0.2, 0.25) is 0 Å². The van der Waals surface area contributed by atoms with Crippen LogP contribution >= 0.6 is 0 Å². The molecule has 1 aliphatic heterocycles. The first-order valence-corrected chi connectivity index (χ1v) is 4.26. The number of piperidine rings is 1. The van der Waals surface area contributed by atoms with Crippen LogP contribution in [0.1, 0.15) is 25.7 Å². The molecule has 1 saturated heterocycles. The van der Waals surface area contributed by atoms with Gasteiger partial charge in [-0.1, -0.05) is 0 Å². The zero-order chi connectivity index (χ0) is 7.23. The summed E-state index contributed by atoms with van der Waals surface area (Å²) in [6.07, 6.45) is 6.71. The predicted octanol–water partition coefficient (Wildman–Crippen LogP) is 0.0949. The van der Waals surface area contributed by atoms with E-state index >= 15 is 0 Å². The van der Waals surface area contributed by atoms with Gasteiger partial charge in [-0.3, -0.25) is 0 Å². The number of quaternary nitrogens is 1. The van der Waals surface area contributed by atoms with Gasteiger partial charge in [-0.2, -0.15) is 0 Å². The Morgan fingerprint density at radius 1 is 1.20 bits per heavy atom. The fourth-order valence-electron chi connectivity index (χ4n) is 1.58. The van der Waals surface area contributed by atoms with Crippen molar-refractivity contribution >= 4 is 6.21 Å². The quantitative estimate of drug-likeness (QED) is 0.522. The monoisotopic (exact) mass is 141 g/mol. The molecule has 2 N–H and O–H groups in total. The minimum atomic E-state index is 0.968. The second-order valence-electron chi connectivity index (χ2n) is 3.05. The van der Waals surface area contributed by atoms with Crippen LogP contribution < -0.4 is 4.90 Å². The van der Waals surface area contributed by atoms with Gasteiger partial charge in [0.25, 0.3) is 0 Å². The lowest BCUT2D eigenvalue weighted by Gasteiger charge is -2.22. The lowest BCUT2D eigenvalue weighted by Crippen LogP contribution is -3.12. The van der Waals surface area contributed by atoms with Crippen molar-refractivity contribution in [2.45, 2.75) is 25.7 Å². The number of hydrogen-bond acceptors (Lipinski definition) is 1. The maximum Gasteiger partial charge on any atom is 0.0820 e. The summed E-state index contributed by atoms with van der Waals surface area (Å²) >= 11 is 0. The van der Waals surface area contributed by atoms with Crippen molar-refractivity contribution in [2.75, 3.05) is 19.6 Å². The van der Waals surface area contributed by atoms with Gasteiger partial charge in [-0.05, 0) is 19.3 Å². The molecule has 0 aromatic carbocycles. The number of nitrogens with one attached hydrogen (secondary N) is 2. The summed E-state index contributed by atoms with van der Waals surface area (Å²) in [7, 11) is 0. The van der Waals surface area contributed by atoms with Crippen LogP contribution in [-0.4, -0.2) is 25.8 Å². The number of hydrogen-bond donors (Lipinski definition) is 2. The van der Waals surface area contributed by atoms with Gasteiger partial charge >= 0.3 is 0 Å². The van der Waals surface area contributed by atoms with Gasteiger partial charge in [-0.15, -0.1) is 0 Å². The first-order chi connectivity index (χ1) is 4.93. The highest BCUT2D eigenvalue weighted by molar-refractivity contribution is 5.52. The average Bonchev–Trinajstić information content (AvgIpc) is 2.03. The van der Waals surface area contributed by atoms with E-state index in [4.69, 9.17) is 5.41 Å². The van der Waals surface area contributed by atoms with Crippen molar-refractivity contribution in [3.8, 4) is 0 Å². The van der Waals surface area contributed by atoms with E-state index in [2.05, 4.69) is 0 Å². The molecule has 10 heavy (non-hydrogen) atoms. The van der Waals surface area contributed by atoms with E-state index < -0.39 is 0 Å². The number of rotatable bonds is 3. The second kappa shape index (κ2) is 4.45. The van der Waals surface area contributed by atoms with E-state index in [1.54, 1.807) is 4.90 Å². The lowest BCUT2D eigenvalue weighted by molar-refractivity contribution is -0.904. The molecule has 0 aliphatic carbocycles. The van der Waals surface area contributed by atoms with E-state index in [0.717, 1.165) is 6.42 Å². The summed E-state index contributed by atoms with van der Waals surface area (Å²) in [5.41, 5.74) is 0. The summed E-state index contributed by atoms with van der Waals surface area (Å²) in [6.45, 7) is 3.87. The fraction of sp³-hybridized carbons (Fsp3) is 0.875. The molecule has 1 aliphatic rings. The molecule has 0 bridgehead atoms. The average molecular weight is 141 g/mol. The van der Waals surface area contributed by atoms with Gasteiger partial charge in [0.15, 0.2) is 0 Å².